The fraction of sp³-hybridized carbons (Fsp3) is 0.118. The Hall–Kier alpha value is -2.27. The largest absolute Gasteiger partial charge is 0.487 e. The molecule has 114 valence electrons. The number of carbonyl (C=O) groups excluding carboxylic acids is 1. The molecule has 0 aliphatic carbocycles. The number of ether oxygens (including phenoxy) is 1. The number of amides is 1. The van der Waals surface area contributed by atoms with Gasteiger partial charge < -0.3 is 15.4 Å². The van der Waals surface area contributed by atoms with Crippen LogP contribution in [0.2, 0.25) is 0 Å². The summed E-state index contributed by atoms with van der Waals surface area (Å²) in [5.41, 5.74) is 1.53. The van der Waals surface area contributed by atoms with Crippen LogP contribution in [0, 0.1) is 0 Å². The van der Waals surface area contributed by atoms with Crippen molar-refractivity contribution < 1.29 is 9.53 Å². The summed E-state index contributed by atoms with van der Waals surface area (Å²) in [5, 5.41) is 5.90. The highest BCUT2D eigenvalue weighted by Gasteiger charge is 2.06. The number of benzene rings is 2. The van der Waals surface area contributed by atoms with Crippen molar-refractivity contribution in [3.8, 4) is 5.75 Å². The number of halogens is 1. The van der Waals surface area contributed by atoms with Crippen LogP contribution in [0.1, 0.15) is 0 Å². The Labute approximate surface area is 138 Å². The highest BCUT2D eigenvalue weighted by molar-refractivity contribution is 9.10. The normalized spacial score (nSPS) is 9.86. The predicted octanol–water partition coefficient (Wildman–Crippen LogP) is 4.06. The maximum absolute atomic E-state index is 12.0. The van der Waals surface area contributed by atoms with Crippen molar-refractivity contribution in [1.29, 1.82) is 0 Å². The summed E-state index contributed by atoms with van der Waals surface area (Å²) in [4.78, 5) is 12.0. The minimum Gasteiger partial charge on any atom is -0.487 e. The summed E-state index contributed by atoms with van der Waals surface area (Å²) in [6.45, 7) is 4.20. The monoisotopic (exact) mass is 360 g/mol. The third-order valence-corrected chi connectivity index (χ3v) is 3.34. The molecule has 2 N–H and O–H groups in total. The topological polar surface area (TPSA) is 50.4 Å². The Kier molecular flexibility index (Phi) is 6.03. The summed E-state index contributed by atoms with van der Waals surface area (Å²) in [6, 6.07) is 14.9. The van der Waals surface area contributed by atoms with E-state index < -0.39 is 0 Å². The molecule has 22 heavy (non-hydrogen) atoms. The van der Waals surface area contributed by atoms with Gasteiger partial charge in [-0.1, -0.05) is 40.7 Å². The van der Waals surface area contributed by atoms with E-state index in [2.05, 4.69) is 33.1 Å². The van der Waals surface area contributed by atoms with Crippen molar-refractivity contribution in [2.24, 2.45) is 0 Å². The van der Waals surface area contributed by atoms with Crippen molar-refractivity contribution in [2.45, 2.75) is 0 Å². The second-order valence-corrected chi connectivity index (χ2v) is 5.42. The molecule has 0 radical (unpaired) electrons. The van der Waals surface area contributed by atoms with Gasteiger partial charge in [-0.2, -0.15) is 0 Å². The minimum absolute atomic E-state index is 0.124. The zero-order chi connectivity index (χ0) is 15.8. The quantitative estimate of drug-likeness (QED) is 0.731. The van der Waals surface area contributed by atoms with Crippen molar-refractivity contribution in [3.05, 3.63) is 65.7 Å². The van der Waals surface area contributed by atoms with Crippen molar-refractivity contribution in [3.63, 3.8) is 0 Å². The summed E-state index contributed by atoms with van der Waals surface area (Å²) < 4.78 is 6.50. The highest BCUT2D eigenvalue weighted by Crippen LogP contribution is 2.23. The van der Waals surface area contributed by atoms with Crippen molar-refractivity contribution in [1.82, 2.24) is 0 Å². The third-order valence-electron chi connectivity index (χ3n) is 2.81. The van der Waals surface area contributed by atoms with E-state index in [0.717, 1.165) is 15.8 Å². The lowest BCUT2D eigenvalue weighted by molar-refractivity contribution is -0.114. The Morgan fingerprint density at radius 1 is 1.18 bits per heavy atom. The first-order valence-corrected chi connectivity index (χ1v) is 7.60. The lowest BCUT2D eigenvalue weighted by Crippen LogP contribution is -2.22. The molecule has 2 rings (SSSR count). The van der Waals surface area contributed by atoms with Crippen LogP contribution in [0.25, 0.3) is 0 Å². The Morgan fingerprint density at radius 3 is 2.64 bits per heavy atom. The SMILES string of the molecule is C=CCOc1ccccc1NCC(=O)Nc1ccc(Br)cc1. The van der Waals surface area contributed by atoms with Gasteiger partial charge in [0.2, 0.25) is 5.91 Å². The molecular formula is C17H17BrN2O2. The predicted molar refractivity (Wildman–Crippen MR) is 93.4 cm³/mol. The molecule has 0 aromatic heterocycles. The van der Waals surface area contributed by atoms with Gasteiger partial charge in [0.15, 0.2) is 0 Å². The second-order valence-electron chi connectivity index (χ2n) is 4.50. The number of hydrogen-bond acceptors (Lipinski definition) is 3. The molecule has 0 saturated heterocycles. The molecule has 5 heteroatoms. The molecule has 2 aromatic carbocycles. The fourth-order valence-corrected chi connectivity index (χ4v) is 2.07. The van der Waals surface area contributed by atoms with E-state index >= 15 is 0 Å². The van der Waals surface area contributed by atoms with E-state index in [1.807, 2.05) is 48.5 Å². The fourth-order valence-electron chi connectivity index (χ4n) is 1.80. The van der Waals surface area contributed by atoms with E-state index in [0.29, 0.717) is 12.4 Å². The van der Waals surface area contributed by atoms with E-state index in [4.69, 9.17) is 4.74 Å². The maximum atomic E-state index is 12.0. The van der Waals surface area contributed by atoms with Crippen LogP contribution in [0.3, 0.4) is 0 Å². The zero-order valence-electron chi connectivity index (χ0n) is 12.0. The second kappa shape index (κ2) is 8.24. The molecule has 0 unspecified atom stereocenters. The van der Waals surface area contributed by atoms with Crippen LogP contribution < -0.4 is 15.4 Å². The number of anilines is 2. The Bertz CT molecular complexity index is 641. The summed E-state index contributed by atoms with van der Waals surface area (Å²) >= 11 is 3.36. The summed E-state index contributed by atoms with van der Waals surface area (Å²) in [5.74, 6) is 0.569. The van der Waals surface area contributed by atoms with Crippen LogP contribution in [0.4, 0.5) is 11.4 Å². The lowest BCUT2D eigenvalue weighted by atomic mass is 10.3. The Balaban J connectivity index is 1.90. The zero-order valence-corrected chi connectivity index (χ0v) is 13.6. The van der Waals surface area contributed by atoms with Crippen LogP contribution >= 0.6 is 15.9 Å². The van der Waals surface area contributed by atoms with Gasteiger partial charge in [-0.25, -0.2) is 0 Å². The average molecular weight is 361 g/mol. The van der Waals surface area contributed by atoms with Gasteiger partial charge in [0.1, 0.15) is 12.4 Å². The van der Waals surface area contributed by atoms with E-state index in [1.54, 1.807) is 6.08 Å². The third kappa shape index (κ3) is 4.93. The van der Waals surface area contributed by atoms with Crippen LogP contribution in [-0.2, 0) is 4.79 Å². The molecule has 0 bridgehead atoms. The molecule has 0 aliphatic heterocycles. The number of hydrogen-bond donors (Lipinski definition) is 2. The molecule has 0 spiro atoms. The average Bonchev–Trinajstić information content (AvgIpc) is 2.54. The molecule has 0 saturated carbocycles. The first-order chi connectivity index (χ1) is 10.7. The molecule has 0 aliphatic rings. The molecule has 4 nitrogen and oxygen atoms in total. The first kappa shape index (κ1) is 16.1. The standard InChI is InChI=1S/C17H17BrN2O2/c1-2-11-22-16-6-4-3-5-15(16)19-12-17(21)20-14-9-7-13(18)8-10-14/h2-10,19H,1,11-12H2,(H,20,21). The number of para-hydroxylation sites is 2. The summed E-state index contributed by atoms with van der Waals surface area (Å²) in [6.07, 6.45) is 1.68. The van der Waals surface area contributed by atoms with Gasteiger partial charge in [0, 0.05) is 10.2 Å². The van der Waals surface area contributed by atoms with Gasteiger partial charge in [-0.3, -0.25) is 4.79 Å². The first-order valence-electron chi connectivity index (χ1n) is 6.81. The van der Waals surface area contributed by atoms with Gasteiger partial charge >= 0.3 is 0 Å². The molecule has 2 aromatic rings. The van der Waals surface area contributed by atoms with Gasteiger partial charge in [0.25, 0.3) is 0 Å². The van der Waals surface area contributed by atoms with E-state index in [-0.39, 0.29) is 12.5 Å². The van der Waals surface area contributed by atoms with Gasteiger partial charge in [-0.05, 0) is 36.4 Å². The summed E-state index contributed by atoms with van der Waals surface area (Å²) in [7, 11) is 0. The van der Waals surface area contributed by atoms with Crippen molar-refractivity contribution in [2.75, 3.05) is 23.8 Å². The smallest absolute Gasteiger partial charge is 0.243 e. The number of carbonyl (C=O) groups is 1. The van der Waals surface area contributed by atoms with Crippen LogP contribution in [-0.4, -0.2) is 19.1 Å². The van der Waals surface area contributed by atoms with E-state index in [9.17, 15) is 4.79 Å². The number of nitrogens with one attached hydrogen (secondary N) is 2. The highest BCUT2D eigenvalue weighted by atomic mass is 79.9. The van der Waals surface area contributed by atoms with Crippen LogP contribution in [0.15, 0.2) is 65.7 Å². The molecular weight excluding hydrogens is 344 g/mol. The maximum Gasteiger partial charge on any atom is 0.243 e. The number of rotatable bonds is 7. The van der Waals surface area contributed by atoms with Gasteiger partial charge in [0.05, 0.1) is 12.2 Å². The van der Waals surface area contributed by atoms with Crippen LogP contribution in [0.5, 0.6) is 5.75 Å². The van der Waals surface area contributed by atoms with Crippen molar-refractivity contribution >= 4 is 33.2 Å². The molecule has 0 fully saturated rings. The minimum atomic E-state index is -0.124. The Morgan fingerprint density at radius 2 is 1.91 bits per heavy atom. The van der Waals surface area contributed by atoms with E-state index in [1.165, 1.54) is 0 Å². The lowest BCUT2D eigenvalue weighted by Gasteiger charge is -2.12. The molecule has 1 amide bonds. The van der Waals surface area contributed by atoms with Gasteiger partial charge in [-0.15, -0.1) is 0 Å². The molecule has 0 heterocycles. The molecule has 0 atom stereocenters.